The van der Waals surface area contributed by atoms with Crippen LogP contribution in [0.1, 0.15) is 24.8 Å². The number of hydrogen-bond donors (Lipinski definition) is 1. The van der Waals surface area contributed by atoms with Crippen molar-refractivity contribution in [2.45, 2.75) is 38.8 Å². The van der Waals surface area contributed by atoms with Crippen molar-refractivity contribution in [3.05, 3.63) is 36.2 Å². The average molecular weight is 426 g/mol. The van der Waals surface area contributed by atoms with Crippen molar-refractivity contribution in [1.82, 2.24) is 20.0 Å². The Bertz CT molecular complexity index is 1090. The maximum Gasteiger partial charge on any atom is 0.267 e. The second-order valence-corrected chi connectivity index (χ2v) is 8.32. The molecule has 4 heterocycles. The number of nitrogens with zero attached hydrogens (tertiary/aromatic N) is 4. The zero-order chi connectivity index (χ0) is 20.8. The summed E-state index contributed by atoms with van der Waals surface area (Å²) in [4.78, 5) is 2.39. The van der Waals surface area contributed by atoms with Gasteiger partial charge in [-0.25, -0.2) is 5.26 Å². The molecule has 0 aliphatic carbocycles. The van der Waals surface area contributed by atoms with E-state index < -0.39 is 0 Å². The van der Waals surface area contributed by atoms with Gasteiger partial charge in [0.05, 0.1) is 11.7 Å². The predicted octanol–water partition coefficient (Wildman–Crippen LogP) is 6.07. The van der Waals surface area contributed by atoms with E-state index in [0.717, 1.165) is 23.0 Å². The van der Waals surface area contributed by atoms with Crippen LogP contribution in [-0.4, -0.2) is 33.1 Å². The van der Waals surface area contributed by atoms with Crippen LogP contribution in [0.4, 0.5) is 0 Å². The molecule has 5 nitrogen and oxygen atoms in total. The molecule has 1 aromatic carbocycles. The molecular formula is C21H25BClN5S. The van der Waals surface area contributed by atoms with Crippen LogP contribution in [0.2, 0.25) is 12.6 Å². The fraction of sp³-hybridized carbons (Fsp3) is 0.381. The first-order valence-corrected chi connectivity index (χ1v) is 11.4. The Labute approximate surface area is 180 Å². The van der Waals surface area contributed by atoms with Crippen LogP contribution in [0.15, 0.2) is 30.6 Å². The second kappa shape index (κ2) is 9.95. The third-order valence-electron chi connectivity index (χ3n) is 5.12. The molecule has 0 unspecified atom stereocenters. The first kappa shape index (κ1) is 21.4. The third-order valence-corrected chi connectivity index (χ3v) is 6.22. The quantitative estimate of drug-likeness (QED) is 0.297. The molecule has 1 fully saturated rings. The lowest BCUT2D eigenvalue weighted by Crippen LogP contribution is -2.12. The van der Waals surface area contributed by atoms with Gasteiger partial charge in [0.25, 0.3) is 6.71 Å². The van der Waals surface area contributed by atoms with E-state index in [1.165, 1.54) is 52.4 Å². The van der Waals surface area contributed by atoms with Crippen LogP contribution >= 0.6 is 22.9 Å². The Hall–Kier alpha value is -2.30. The van der Waals surface area contributed by atoms with Gasteiger partial charge in [0, 0.05) is 41.2 Å². The molecular weight excluding hydrogens is 401 g/mol. The van der Waals surface area contributed by atoms with Crippen LogP contribution in [-0.2, 0) is 7.05 Å². The predicted molar refractivity (Wildman–Crippen MR) is 125 cm³/mol. The minimum atomic E-state index is 0.392. The van der Waals surface area contributed by atoms with Crippen molar-refractivity contribution in [2.75, 3.05) is 6.38 Å². The molecule has 8 heteroatoms. The first-order chi connectivity index (χ1) is 14.1. The highest BCUT2D eigenvalue weighted by molar-refractivity contribution is 7.21. The molecule has 3 aromatic heterocycles. The van der Waals surface area contributed by atoms with Gasteiger partial charge in [-0.3, -0.25) is 9.78 Å². The van der Waals surface area contributed by atoms with Gasteiger partial charge in [-0.1, -0.05) is 31.9 Å². The molecule has 0 amide bonds. The molecule has 1 N–H and O–H groups in total. The van der Waals surface area contributed by atoms with Gasteiger partial charge < -0.3 is 0 Å². The van der Waals surface area contributed by atoms with Crippen molar-refractivity contribution in [2.24, 2.45) is 7.05 Å². The standard InChI is InChI=1S/C14H12N4S.C6H10BN.CH3Cl/c1-8-3-9(4-11-7-18(2)17-13(8)11)12-5-10-6-15-16-14(10)19-12;8-6-7-4-2-1-3-5-7;1-2/h3-7H,1-2H3,(H,15,16);1-5H2;1H3. The Morgan fingerprint density at radius 3 is 2.59 bits per heavy atom. The van der Waals surface area contributed by atoms with E-state index in [2.05, 4.69) is 64.2 Å². The Morgan fingerprint density at radius 2 is 1.93 bits per heavy atom. The van der Waals surface area contributed by atoms with E-state index in [-0.39, 0.29) is 0 Å². The maximum atomic E-state index is 8.44. The minimum Gasteiger partial charge on any atom is -0.275 e. The molecule has 0 radical (unpaired) electrons. The normalized spacial score (nSPS) is 13.4. The molecule has 1 aliphatic heterocycles. The van der Waals surface area contributed by atoms with Crippen LogP contribution in [0, 0.1) is 18.2 Å². The van der Waals surface area contributed by atoms with E-state index >= 15 is 0 Å². The first-order valence-electron chi connectivity index (χ1n) is 9.79. The summed E-state index contributed by atoms with van der Waals surface area (Å²) in [5, 5.41) is 22.3. The van der Waals surface area contributed by atoms with Crippen molar-refractivity contribution in [3.8, 4) is 16.4 Å². The van der Waals surface area contributed by atoms with Gasteiger partial charge in [0.15, 0.2) is 0 Å². The van der Waals surface area contributed by atoms with Crippen molar-refractivity contribution < 1.29 is 0 Å². The lowest BCUT2D eigenvalue weighted by molar-refractivity contribution is 0.728. The monoisotopic (exact) mass is 425 g/mol. The zero-order valence-corrected chi connectivity index (χ0v) is 18.6. The van der Waals surface area contributed by atoms with Gasteiger partial charge in [-0.2, -0.15) is 10.2 Å². The summed E-state index contributed by atoms with van der Waals surface area (Å²) < 4.78 is 1.87. The van der Waals surface area contributed by atoms with Gasteiger partial charge in [0.1, 0.15) is 4.83 Å². The van der Waals surface area contributed by atoms with Crippen LogP contribution in [0.5, 0.6) is 0 Å². The summed E-state index contributed by atoms with van der Waals surface area (Å²) in [5.41, 5.74) is 3.53. The van der Waals surface area contributed by atoms with E-state index in [1.54, 1.807) is 11.3 Å². The van der Waals surface area contributed by atoms with Gasteiger partial charge in [-0.05, 0) is 36.2 Å². The number of benzene rings is 1. The SMILES string of the molecule is CCl.Cc1cc(-c2cc3cn[nH]c3s2)cc2cn(C)nc12.N#CB1CCCCC1. The summed E-state index contributed by atoms with van der Waals surface area (Å²) >= 11 is 6.37. The Balaban J connectivity index is 0.000000203. The van der Waals surface area contributed by atoms with Crippen molar-refractivity contribution in [3.63, 3.8) is 0 Å². The van der Waals surface area contributed by atoms with Crippen molar-refractivity contribution in [1.29, 1.82) is 5.26 Å². The van der Waals surface area contributed by atoms with E-state index in [4.69, 9.17) is 5.26 Å². The summed E-state index contributed by atoms with van der Waals surface area (Å²) in [6.07, 6.45) is 11.6. The van der Waals surface area contributed by atoms with Crippen molar-refractivity contribution >= 4 is 50.8 Å². The number of nitrogens with one attached hydrogen (secondary N) is 1. The van der Waals surface area contributed by atoms with Crippen LogP contribution in [0.3, 0.4) is 0 Å². The number of alkyl halides is 1. The molecule has 0 bridgehead atoms. The van der Waals surface area contributed by atoms with Gasteiger partial charge in [0.2, 0.25) is 0 Å². The lowest BCUT2D eigenvalue weighted by atomic mass is 9.43. The smallest absolute Gasteiger partial charge is 0.267 e. The average Bonchev–Trinajstić information content (AvgIpc) is 3.45. The number of aromatic nitrogens is 4. The van der Waals surface area contributed by atoms with Gasteiger partial charge in [-0.15, -0.1) is 22.9 Å². The largest absolute Gasteiger partial charge is 0.275 e. The molecule has 0 saturated carbocycles. The molecule has 150 valence electrons. The van der Waals surface area contributed by atoms with E-state index in [1.807, 2.05) is 17.9 Å². The number of rotatable bonds is 1. The number of nitriles is 1. The summed E-state index contributed by atoms with van der Waals surface area (Å²) in [5.74, 6) is 2.30. The van der Waals surface area contributed by atoms with E-state index in [0.29, 0.717) is 6.71 Å². The summed E-state index contributed by atoms with van der Waals surface area (Å²) in [7, 11) is 1.96. The third kappa shape index (κ3) is 5.01. The molecule has 0 spiro atoms. The molecule has 0 atom stereocenters. The number of aromatic amines is 1. The number of fused-ring (bicyclic) bond motifs is 2. The zero-order valence-electron chi connectivity index (χ0n) is 17.1. The number of thiophene rings is 1. The molecule has 1 aliphatic rings. The number of aryl methyl sites for hydroxylation is 2. The maximum absolute atomic E-state index is 8.44. The fourth-order valence-electron chi connectivity index (χ4n) is 3.69. The summed E-state index contributed by atoms with van der Waals surface area (Å²) in [6, 6.07) is 6.58. The number of halogens is 1. The Kier molecular flexibility index (Phi) is 7.35. The van der Waals surface area contributed by atoms with E-state index in [9.17, 15) is 0 Å². The summed E-state index contributed by atoms with van der Waals surface area (Å²) in [6.45, 7) is 2.50. The number of H-pyrrole nitrogens is 1. The molecule has 1 saturated heterocycles. The highest BCUT2D eigenvalue weighted by Gasteiger charge is 2.16. The number of hydrogen-bond acceptors (Lipinski definition) is 4. The lowest BCUT2D eigenvalue weighted by Gasteiger charge is -2.09. The van der Waals surface area contributed by atoms with Gasteiger partial charge >= 0.3 is 0 Å². The van der Waals surface area contributed by atoms with Crippen LogP contribution < -0.4 is 0 Å². The second-order valence-electron chi connectivity index (χ2n) is 7.26. The highest BCUT2D eigenvalue weighted by Crippen LogP contribution is 2.34. The molecule has 5 rings (SSSR count). The topological polar surface area (TPSA) is 70.3 Å². The molecule has 4 aromatic rings. The Morgan fingerprint density at radius 1 is 1.17 bits per heavy atom. The fourth-order valence-corrected chi connectivity index (χ4v) is 4.66. The minimum absolute atomic E-state index is 0.392. The molecule has 29 heavy (non-hydrogen) atoms. The van der Waals surface area contributed by atoms with Crippen LogP contribution in [0.25, 0.3) is 31.6 Å². The highest BCUT2D eigenvalue weighted by atomic mass is 35.5.